The van der Waals surface area contributed by atoms with Gasteiger partial charge in [-0.25, -0.2) is 0 Å². The van der Waals surface area contributed by atoms with Crippen molar-refractivity contribution < 1.29 is 9.53 Å². The van der Waals surface area contributed by atoms with E-state index < -0.39 is 0 Å². The summed E-state index contributed by atoms with van der Waals surface area (Å²) in [6, 6.07) is -0.367. The van der Waals surface area contributed by atoms with Crippen molar-refractivity contribution in [2.45, 2.75) is 26.3 Å². The Balaban J connectivity index is 3.97. The highest BCUT2D eigenvalue weighted by Gasteiger charge is 2.18. The largest absolute Gasteiger partial charge is 0.380 e. The Labute approximate surface area is 103 Å². The van der Waals surface area contributed by atoms with Crippen molar-refractivity contribution in [1.82, 2.24) is 4.90 Å². The summed E-state index contributed by atoms with van der Waals surface area (Å²) in [4.78, 5) is 13.7. The van der Waals surface area contributed by atoms with Gasteiger partial charge in [0.2, 0.25) is 5.91 Å². The van der Waals surface area contributed by atoms with Crippen LogP contribution in [0.5, 0.6) is 0 Å². The second-order valence-electron chi connectivity index (χ2n) is 3.50. The van der Waals surface area contributed by atoms with Gasteiger partial charge in [-0.2, -0.15) is 11.8 Å². The van der Waals surface area contributed by atoms with E-state index in [0.29, 0.717) is 26.3 Å². The molecule has 1 amide bonds. The van der Waals surface area contributed by atoms with E-state index >= 15 is 0 Å². The van der Waals surface area contributed by atoms with Crippen LogP contribution in [0.15, 0.2) is 0 Å². The highest BCUT2D eigenvalue weighted by Crippen LogP contribution is 2.02. The zero-order chi connectivity index (χ0) is 12.4. The normalized spacial score (nSPS) is 12.5. The van der Waals surface area contributed by atoms with Gasteiger partial charge in [0.25, 0.3) is 0 Å². The van der Waals surface area contributed by atoms with Crippen molar-refractivity contribution in [2.24, 2.45) is 5.73 Å². The third-order valence-electron chi connectivity index (χ3n) is 2.35. The Kier molecular flexibility index (Phi) is 9.77. The van der Waals surface area contributed by atoms with Crippen LogP contribution in [-0.4, -0.2) is 55.2 Å². The van der Waals surface area contributed by atoms with Crippen molar-refractivity contribution in [3.8, 4) is 0 Å². The number of likely N-dealkylation sites (N-methyl/N-ethyl adjacent to an activating group) is 1. The van der Waals surface area contributed by atoms with E-state index in [-0.39, 0.29) is 11.9 Å². The first-order valence-corrected chi connectivity index (χ1v) is 7.17. The number of nitrogens with two attached hydrogens (primary N) is 1. The number of ether oxygens (including phenoxy) is 1. The van der Waals surface area contributed by atoms with Gasteiger partial charge in [-0.15, -0.1) is 0 Å². The van der Waals surface area contributed by atoms with E-state index in [2.05, 4.69) is 0 Å². The van der Waals surface area contributed by atoms with E-state index in [1.54, 1.807) is 16.7 Å². The molecule has 16 heavy (non-hydrogen) atoms. The van der Waals surface area contributed by atoms with Crippen LogP contribution in [0.2, 0.25) is 0 Å². The average Bonchev–Trinajstić information content (AvgIpc) is 2.31. The van der Waals surface area contributed by atoms with Gasteiger partial charge in [0.15, 0.2) is 0 Å². The molecule has 1 atom stereocenters. The Morgan fingerprint density at radius 3 is 2.69 bits per heavy atom. The first-order chi connectivity index (χ1) is 7.67. The van der Waals surface area contributed by atoms with E-state index in [1.807, 2.05) is 20.1 Å². The maximum Gasteiger partial charge on any atom is 0.239 e. The second-order valence-corrected chi connectivity index (χ2v) is 4.49. The highest BCUT2D eigenvalue weighted by atomic mass is 32.2. The molecule has 0 aromatic carbocycles. The molecule has 0 spiro atoms. The molecule has 5 heteroatoms. The molecule has 0 radical (unpaired) electrons. The predicted molar refractivity (Wildman–Crippen MR) is 69.7 cm³/mol. The molecule has 0 aliphatic rings. The molecule has 4 nitrogen and oxygen atoms in total. The fraction of sp³-hybridized carbons (Fsp3) is 0.909. The number of carbonyl (C=O) groups excluding carboxylic acids is 1. The van der Waals surface area contributed by atoms with Crippen LogP contribution in [-0.2, 0) is 9.53 Å². The first-order valence-electron chi connectivity index (χ1n) is 5.78. The number of amides is 1. The minimum absolute atomic E-state index is 0.0382. The standard InChI is InChI=1S/C11H24N2O2S/c1-4-13(7-8-15-5-2)11(14)10(12)6-9-16-3/h10H,4-9,12H2,1-3H3/t10-/m0/s1. The molecule has 2 N–H and O–H groups in total. The summed E-state index contributed by atoms with van der Waals surface area (Å²) in [5.74, 6) is 0.965. The number of hydrogen-bond acceptors (Lipinski definition) is 4. The third-order valence-corrected chi connectivity index (χ3v) is 3.00. The molecule has 96 valence electrons. The van der Waals surface area contributed by atoms with E-state index in [1.165, 1.54) is 0 Å². The summed E-state index contributed by atoms with van der Waals surface area (Å²) in [6.45, 7) is 6.51. The van der Waals surface area contributed by atoms with Gasteiger partial charge in [-0.3, -0.25) is 4.79 Å². The summed E-state index contributed by atoms with van der Waals surface area (Å²) in [7, 11) is 0. The van der Waals surface area contributed by atoms with Gasteiger partial charge in [0.1, 0.15) is 0 Å². The molecular weight excluding hydrogens is 224 g/mol. The minimum Gasteiger partial charge on any atom is -0.380 e. The van der Waals surface area contributed by atoms with Gasteiger partial charge in [-0.05, 0) is 32.3 Å². The lowest BCUT2D eigenvalue weighted by atomic mass is 10.2. The summed E-state index contributed by atoms with van der Waals surface area (Å²) >= 11 is 1.71. The number of carbonyl (C=O) groups is 1. The molecule has 0 fully saturated rings. The van der Waals surface area contributed by atoms with Gasteiger partial charge in [0.05, 0.1) is 12.6 Å². The van der Waals surface area contributed by atoms with Crippen LogP contribution >= 0.6 is 11.8 Å². The number of thioether (sulfide) groups is 1. The lowest BCUT2D eigenvalue weighted by Crippen LogP contribution is -2.45. The maximum absolute atomic E-state index is 11.9. The van der Waals surface area contributed by atoms with Crippen LogP contribution in [0.25, 0.3) is 0 Å². The predicted octanol–water partition coefficient (Wildman–Crippen LogP) is 0.952. The van der Waals surface area contributed by atoms with Gasteiger partial charge in [-0.1, -0.05) is 0 Å². The van der Waals surface area contributed by atoms with Crippen LogP contribution in [0.1, 0.15) is 20.3 Å². The van der Waals surface area contributed by atoms with Crippen LogP contribution in [0.4, 0.5) is 0 Å². The molecule has 0 aromatic rings. The molecule has 0 saturated carbocycles. The second kappa shape index (κ2) is 9.93. The zero-order valence-corrected chi connectivity index (χ0v) is 11.4. The van der Waals surface area contributed by atoms with Crippen molar-refractivity contribution in [1.29, 1.82) is 0 Å². The lowest BCUT2D eigenvalue weighted by molar-refractivity contribution is -0.133. The first kappa shape index (κ1) is 15.7. The average molecular weight is 248 g/mol. The Morgan fingerprint density at radius 2 is 2.19 bits per heavy atom. The molecular formula is C11H24N2O2S. The fourth-order valence-electron chi connectivity index (χ4n) is 1.35. The van der Waals surface area contributed by atoms with Crippen LogP contribution in [0.3, 0.4) is 0 Å². The molecule has 0 aliphatic carbocycles. The van der Waals surface area contributed by atoms with Crippen molar-refractivity contribution in [3.05, 3.63) is 0 Å². The Hall–Kier alpha value is -0.260. The van der Waals surface area contributed by atoms with Gasteiger partial charge < -0.3 is 15.4 Å². The van der Waals surface area contributed by atoms with Crippen molar-refractivity contribution >= 4 is 17.7 Å². The molecule has 0 aliphatic heterocycles. The maximum atomic E-state index is 11.9. The molecule has 0 bridgehead atoms. The van der Waals surface area contributed by atoms with E-state index in [0.717, 1.165) is 12.2 Å². The highest BCUT2D eigenvalue weighted by molar-refractivity contribution is 7.98. The van der Waals surface area contributed by atoms with Crippen molar-refractivity contribution in [2.75, 3.05) is 38.3 Å². The summed E-state index contributed by atoms with van der Waals surface area (Å²) < 4.78 is 5.24. The summed E-state index contributed by atoms with van der Waals surface area (Å²) in [5.41, 5.74) is 5.84. The smallest absolute Gasteiger partial charge is 0.239 e. The van der Waals surface area contributed by atoms with E-state index in [4.69, 9.17) is 10.5 Å². The number of rotatable bonds is 9. The quantitative estimate of drug-likeness (QED) is 0.617. The number of hydrogen-bond donors (Lipinski definition) is 1. The van der Waals surface area contributed by atoms with Crippen molar-refractivity contribution in [3.63, 3.8) is 0 Å². The number of nitrogens with zero attached hydrogens (tertiary/aromatic N) is 1. The fourth-order valence-corrected chi connectivity index (χ4v) is 1.84. The Bertz CT molecular complexity index is 191. The summed E-state index contributed by atoms with van der Waals surface area (Å²) in [6.07, 6.45) is 2.76. The third kappa shape index (κ3) is 6.35. The molecule has 0 unspecified atom stereocenters. The minimum atomic E-state index is -0.367. The van der Waals surface area contributed by atoms with Gasteiger partial charge >= 0.3 is 0 Å². The molecule has 0 rings (SSSR count). The molecule has 0 aromatic heterocycles. The van der Waals surface area contributed by atoms with Crippen LogP contribution in [0, 0.1) is 0 Å². The lowest BCUT2D eigenvalue weighted by Gasteiger charge is -2.24. The Morgan fingerprint density at radius 1 is 1.50 bits per heavy atom. The molecule has 0 heterocycles. The van der Waals surface area contributed by atoms with Crippen LogP contribution < -0.4 is 5.73 Å². The van der Waals surface area contributed by atoms with E-state index in [9.17, 15) is 4.79 Å². The van der Waals surface area contributed by atoms with Gasteiger partial charge in [0, 0.05) is 19.7 Å². The summed E-state index contributed by atoms with van der Waals surface area (Å²) in [5, 5.41) is 0. The topological polar surface area (TPSA) is 55.6 Å². The monoisotopic (exact) mass is 248 g/mol. The zero-order valence-electron chi connectivity index (χ0n) is 10.6. The SMILES string of the molecule is CCOCCN(CC)C(=O)[C@@H](N)CCSC. The molecule has 0 saturated heterocycles.